The summed E-state index contributed by atoms with van der Waals surface area (Å²) < 4.78 is 35.5. The number of carbonyl (C=O) groups is 1. The number of likely N-dealkylation sites (tertiary alicyclic amines) is 1. The highest BCUT2D eigenvalue weighted by molar-refractivity contribution is 7.89. The zero-order valence-electron chi connectivity index (χ0n) is 17.9. The van der Waals surface area contributed by atoms with Gasteiger partial charge in [-0.2, -0.15) is 4.31 Å². The van der Waals surface area contributed by atoms with E-state index in [0.29, 0.717) is 43.5 Å². The van der Waals surface area contributed by atoms with E-state index in [-0.39, 0.29) is 10.8 Å². The third-order valence-corrected chi connectivity index (χ3v) is 8.20. The van der Waals surface area contributed by atoms with Gasteiger partial charge in [-0.05, 0) is 43.9 Å². The second-order valence-corrected chi connectivity index (χ2v) is 10.2. The number of piperidine rings is 1. The molecule has 2 aliphatic rings. The number of amides is 1. The van der Waals surface area contributed by atoms with Crippen molar-refractivity contribution in [2.45, 2.75) is 49.5 Å². The quantitative estimate of drug-likeness (QED) is 0.705. The van der Waals surface area contributed by atoms with Crippen molar-refractivity contribution in [3.8, 4) is 5.75 Å². The van der Waals surface area contributed by atoms with Crippen molar-refractivity contribution >= 4 is 15.9 Å². The molecular weight excluding hydrogens is 416 g/mol. The van der Waals surface area contributed by atoms with Gasteiger partial charge in [0.1, 0.15) is 5.75 Å². The predicted octanol–water partition coefficient (Wildman–Crippen LogP) is 2.93. The Balaban J connectivity index is 1.54. The van der Waals surface area contributed by atoms with E-state index >= 15 is 0 Å². The molecule has 2 fully saturated rings. The number of ether oxygens (including phenoxy) is 1. The number of carbonyl (C=O) groups excluding carboxylic acids is 1. The fourth-order valence-corrected chi connectivity index (χ4v) is 6.01. The Labute approximate surface area is 183 Å². The van der Waals surface area contributed by atoms with Crippen molar-refractivity contribution in [3.63, 3.8) is 0 Å². The van der Waals surface area contributed by atoms with Gasteiger partial charge in [0.05, 0.1) is 23.9 Å². The number of imidazole rings is 1. The molecule has 0 radical (unpaired) electrons. The van der Waals surface area contributed by atoms with Crippen LogP contribution in [0.25, 0.3) is 0 Å². The van der Waals surface area contributed by atoms with Gasteiger partial charge in [-0.15, -0.1) is 0 Å². The normalized spacial score (nSPS) is 19.2. The van der Waals surface area contributed by atoms with Crippen molar-refractivity contribution in [2.24, 2.45) is 0 Å². The van der Waals surface area contributed by atoms with E-state index in [0.717, 1.165) is 38.5 Å². The molecule has 9 heteroatoms. The van der Waals surface area contributed by atoms with Crippen LogP contribution in [0.3, 0.4) is 0 Å². The third kappa shape index (κ3) is 4.62. The fourth-order valence-electron chi connectivity index (χ4n) is 4.47. The SMILES string of the molecule is COc1ccc(S(=O)(=O)N2CCCCCC2)cc1C(=O)N1CCC(n2ccnc2)CC1. The van der Waals surface area contributed by atoms with Gasteiger partial charge in [0.2, 0.25) is 10.0 Å². The third-order valence-electron chi connectivity index (χ3n) is 6.30. The van der Waals surface area contributed by atoms with Crippen LogP contribution in [-0.2, 0) is 10.0 Å². The summed E-state index contributed by atoms with van der Waals surface area (Å²) in [5, 5.41) is 0. The van der Waals surface area contributed by atoms with Crippen LogP contribution in [-0.4, -0.2) is 66.4 Å². The van der Waals surface area contributed by atoms with E-state index in [1.54, 1.807) is 27.5 Å². The summed E-state index contributed by atoms with van der Waals surface area (Å²) in [4.78, 5) is 19.3. The highest BCUT2D eigenvalue weighted by Crippen LogP contribution is 2.29. The molecule has 0 saturated carbocycles. The number of aromatic nitrogens is 2. The molecule has 1 aromatic heterocycles. The van der Waals surface area contributed by atoms with Crippen molar-refractivity contribution < 1.29 is 17.9 Å². The Kier molecular flexibility index (Phi) is 6.62. The maximum atomic E-state index is 13.3. The number of hydrogen-bond donors (Lipinski definition) is 0. The van der Waals surface area contributed by atoms with E-state index in [2.05, 4.69) is 9.55 Å². The summed E-state index contributed by atoms with van der Waals surface area (Å²) in [6, 6.07) is 4.95. The minimum Gasteiger partial charge on any atom is -0.496 e. The van der Waals surface area contributed by atoms with Crippen LogP contribution in [0.4, 0.5) is 0 Å². The van der Waals surface area contributed by atoms with Crippen molar-refractivity contribution in [1.29, 1.82) is 0 Å². The Bertz CT molecular complexity index is 991. The van der Waals surface area contributed by atoms with Gasteiger partial charge >= 0.3 is 0 Å². The Morgan fingerprint density at radius 1 is 1.06 bits per heavy atom. The van der Waals surface area contributed by atoms with E-state index in [4.69, 9.17) is 4.74 Å². The second kappa shape index (κ2) is 9.40. The van der Waals surface area contributed by atoms with E-state index < -0.39 is 10.0 Å². The summed E-state index contributed by atoms with van der Waals surface area (Å²) in [5.74, 6) is 0.213. The van der Waals surface area contributed by atoms with E-state index in [1.165, 1.54) is 13.2 Å². The van der Waals surface area contributed by atoms with Crippen LogP contribution in [0.5, 0.6) is 5.75 Å². The van der Waals surface area contributed by atoms with Crippen LogP contribution < -0.4 is 4.74 Å². The molecule has 0 aliphatic carbocycles. The maximum absolute atomic E-state index is 13.3. The molecule has 168 valence electrons. The first-order chi connectivity index (χ1) is 15.0. The van der Waals surface area contributed by atoms with Gasteiger partial charge in [0.25, 0.3) is 5.91 Å². The minimum atomic E-state index is -3.64. The smallest absolute Gasteiger partial charge is 0.257 e. The van der Waals surface area contributed by atoms with Crippen LogP contribution in [0.2, 0.25) is 0 Å². The number of rotatable bonds is 5. The molecule has 2 saturated heterocycles. The van der Waals surface area contributed by atoms with Crippen molar-refractivity contribution in [2.75, 3.05) is 33.3 Å². The van der Waals surface area contributed by atoms with Crippen molar-refractivity contribution in [1.82, 2.24) is 18.8 Å². The first-order valence-corrected chi connectivity index (χ1v) is 12.4. The molecule has 2 aliphatic heterocycles. The molecule has 0 spiro atoms. The molecule has 3 heterocycles. The summed E-state index contributed by atoms with van der Waals surface area (Å²) in [6.07, 6.45) is 11.0. The molecule has 0 N–H and O–H groups in total. The topological polar surface area (TPSA) is 84.7 Å². The summed E-state index contributed by atoms with van der Waals surface area (Å²) in [6.45, 7) is 2.26. The van der Waals surface area contributed by atoms with Crippen LogP contribution in [0.15, 0.2) is 41.8 Å². The molecule has 2 aromatic rings. The van der Waals surface area contributed by atoms with Gasteiger partial charge in [-0.3, -0.25) is 4.79 Å². The van der Waals surface area contributed by atoms with Gasteiger partial charge in [-0.1, -0.05) is 12.8 Å². The number of sulfonamides is 1. The predicted molar refractivity (Wildman–Crippen MR) is 117 cm³/mol. The molecule has 0 atom stereocenters. The molecule has 1 aromatic carbocycles. The van der Waals surface area contributed by atoms with Gasteiger partial charge < -0.3 is 14.2 Å². The zero-order chi connectivity index (χ0) is 21.8. The fraction of sp³-hybridized carbons (Fsp3) is 0.545. The lowest BCUT2D eigenvalue weighted by molar-refractivity contribution is 0.0691. The lowest BCUT2D eigenvalue weighted by atomic mass is 10.0. The number of benzene rings is 1. The molecule has 31 heavy (non-hydrogen) atoms. The first kappa shape index (κ1) is 21.8. The van der Waals surface area contributed by atoms with E-state index in [9.17, 15) is 13.2 Å². The maximum Gasteiger partial charge on any atom is 0.257 e. The summed E-state index contributed by atoms with van der Waals surface area (Å²) in [5.41, 5.74) is 0.305. The summed E-state index contributed by atoms with van der Waals surface area (Å²) in [7, 11) is -2.14. The average molecular weight is 447 g/mol. The van der Waals surface area contributed by atoms with Crippen LogP contribution >= 0.6 is 0 Å². The van der Waals surface area contributed by atoms with Gasteiger partial charge in [-0.25, -0.2) is 13.4 Å². The van der Waals surface area contributed by atoms with Crippen LogP contribution in [0.1, 0.15) is 54.9 Å². The lowest BCUT2D eigenvalue weighted by Gasteiger charge is -2.33. The first-order valence-electron chi connectivity index (χ1n) is 11.0. The monoisotopic (exact) mass is 446 g/mol. The zero-order valence-corrected chi connectivity index (χ0v) is 18.8. The molecular formula is C22H30N4O4S. The Morgan fingerprint density at radius 3 is 2.39 bits per heavy atom. The molecule has 0 unspecified atom stereocenters. The Hall–Kier alpha value is -2.39. The second-order valence-electron chi connectivity index (χ2n) is 8.21. The number of hydrogen-bond acceptors (Lipinski definition) is 5. The van der Waals surface area contributed by atoms with E-state index in [1.807, 2.05) is 12.5 Å². The highest BCUT2D eigenvalue weighted by atomic mass is 32.2. The molecule has 0 bridgehead atoms. The number of nitrogens with zero attached hydrogens (tertiary/aromatic N) is 4. The van der Waals surface area contributed by atoms with Gasteiger partial charge in [0.15, 0.2) is 0 Å². The van der Waals surface area contributed by atoms with Crippen molar-refractivity contribution in [3.05, 3.63) is 42.5 Å². The molecule has 8 nitrogen and oxygen atoms in total. The summed E-state index contributed by atoms with van der Waals surface area (Å²) >= 11 is 0. The highest BCUT2D eigenvalue weighted by Gasteiger charge is 2.30. The number of methoxy groups -OCH3 is 1. The van der Waals surface area contributed by atoms with Crippen LogP contribution in [0, 0.1) is 0 Å². The van der Waals surface area contributed by atoms with Gasteiger partial charge in [0, 0.05) is 44.6 Å². The lowest BCUT2D eigenvalue weighted by Crippen LogP contribution is -2.39. The Morgan fingerprint density at radius 2 is 1.77 bits per heavy atom. The largest absolute Gasteiger partial charge is 0.496 e. The molecule has 1 amide bonds. The minimum absolute atomic E-state index is 0.159. The average Bonchev–Trinajstić information content (AvgIpc) is 3.19. The molecule has 4 rings (SSSR count). The standard InChI is InChI=1S/C22H30N4O4S/c1-30-21-7-6-19(31(28,29)26-11-4-2-3-5-12-26)16-20(21)22(27)24-13-8-18(9-14-24)25-15-10-23-17-25/h6-7,10,15-18H,2-5,8-9,11-14H2,1H3.